The molecule has 0 aliphatic carbocycles. The first-order valence-electron chi connectivity index (χ1n) is 6.07. The van der Waals surface area contributed by atoms with Crippen LogP contribution in [0.3, 0.4) is 0 Å². The lowest BCUT2D eigenvalue weighted by Crippen LogP contribution is -2.38. The van der Waals surface area contributed by atoms with Crippen molar-refractivity contribution >= 4 is 0 Å². The molecule has 0 unspecified atom stereocenters. The third kappa shape index (κ3) is 2.84. The molecule has 0 aliphatic heterocycles. The highest BCUT2D eigenvalue weighted by molar-refractivity contribution is 4.96. The molecule has 0 saturated heterocycles. The Bertz CT molecular complexity index is 343. The SMILES string of the molecule is CC(C)n1ncnc1CC(CO)(CO)C(C)C. The monoisotopic (exact) mass is 241 g/mol. The molecule has 5 nitrogen and oxygen atoms in total. The zero-order valence-electron chi connectivity index (χ0n) is 11.1. The van der Waals surface area contributed by atoms with Crippen LogP contribution in [-0.2, 0) is 6.42 Å². The predicted octanol–water partition coefficient (Wildman–Crippen LogP) is 1.03. The summed E-state index contributed by atoms with van der Waals surface area (Å²) in [6.07, 6.45) is 2.06. The van der Waals surface area contributed by atoms with E-state index in [1.54, 1.807) is 0 Å². The first-order chi connectivity index (χ1) is 7.96. The van der Waals surface area contributed by atoms with E-state index in [4.69, 9.17) is 0 Å². The Balaban J connectivity index is 2.97. The summed E-state index contributed by atoms with van der Waals surface area (Å²) in [7, 11) is 0. The van der Waals surface area contributed by atoms with E-state index in [1.807, 2.05) is 32.4 Å². The van der Waals surface area contributed by atoms with Gasteiger partial charge in [-0.15, -0.1) is 0 Å². The largest absolute Gasteiger partial charge is 0.396 e. The summed E-state index contributed by atoms with van der Waals surface area (Å²) in [5.41, 5.74) is -0.528. The van der Waals surface area contributed by atoms with Gasteiger partial charge in [-0.05, 0) is 19.8 Å². The molecule has 2 N–H and O–H groups in total. The molecule has 17 heavy (non-hydrogen) atoms. The van der Waals surface area contributed by atoms with E-state index in [-0.39, 0.29) is 25.2 Å². The Kier molecular flexibility index (Phi) is 4.65. The summed E-state index contributed by atoms with van der Waals surface area (Å²) in [5, 5.41) is 23.3. The van der Waals surface area contributed by atoms with Crippen molar-refractivity contribution in [3.8, 4) is 0 Å². The van der Waals surface area contributed by atoms with E-state index in [9.17, 15) is 10.2 Å². The van der Waals surface area contributed by atoms with E-state index < -0.39 is 5.41 Å². The van der Waals surface area contributed by atoms with Crippen LogP contribution in [0.25, 0.3) is 0 Å². The van der Waals surface area contributed by atoms with Gasteiger partial charge in [-0.1, -0.05) is 13.8 Å². The number of aliphatic hydroxyl groups is 2. The summed E-state index contributed by atoms with van der Waals surface area (Å²) in [6, 6.07) is 0.231. The highest BCUT2D eigenvalue weighted by atomic mass is 16.3. The van der Waals surface area contributed by atoms with Gasteiger partial charge in [0.05, 0.1) is 13.2 Å². The molecule has 0 bridgehead atoms. The van der Waals surface area contributed by atoms with Crippen molar-refractivity contribution in [3.63, 3.8) is 0 Å². The quantitative estimate of drug-likeness (QED) is 0.780. The van der Waals surface area contributed by atoms with Gasteiger partial charge in [-0.3, -0.25) is 0 Å². The van der Waals surface area contributed by atoms with Crippen molar-refractivity contribution in [2.24, 2.45) is 11.3 Å². The first-order valence-corrected chi connectivity index (χ1v) is 6.07. The van der Waals surface area contributed by atoms with E-state index in [0.717, 1.165) is 5.82 Å². The molecular weight excluding hydrogens is 218 g/mol. The number of aromatic nitrogens is 3. The van der Waals surface area contributed by atoms with Gasteiger partial charge in [-0.2, -0.15) is 5.10 Å². The highest BCUT2D eigenvalue weighted by Gasteiger charge is 2.34. The van der Waals surface area contributed by atoms with Crippen LogP contribution in [0, 0.1) is 11.3 Å². The molecule has 0 aliphatic rings. The van der Waals surface area contributed by atoms with Gasteiger partial charge in [0.2, 0.25) is 0 Å². The Morgan fingerprint density at radius 1 is 1.24 bits per heavy atom. The highest BCUT2D eigenvalue weighted by Crippen LogP contribution is 2.30. The smallest absolute Gasteiger partial charge is 0.138 e. The Morgan fingerprint density at radius 3 is 2.24 bits per heavy atom. The van der Waals surface area contributed by atoms with Crippen LogP contribution in [-0.4, -0.2) is 38.2 Å². The molecule has 0 aromatic carbocycles. The molecule has 0 saturated carbocycles. The maximum absolute atomic E-state index is 9.56. The van der Waals surface area contributed by atoms with Crippen LogP contribution in [0.1, 0.15) is 39.6 Å². The average molecular weight is 241 g/mol. The zero-order valence-corrected chi connectivity index (χ0v) is 11.1. The molecular formula is C12H23N3O2. The molecule has 98 valence electrons. The van der Waals surface area contributed by atoms with E-state index in [1.165, 1.54) is 6.33 Å². The van der Waals surface area contributed by atoms with Crippen LogP contribution in [0.4, 0.5) is 0 Å². The average Bonchev–Trinajstić information content (AvgIpc) is 2.73. The first kappa shape index (κ1) is 14.1. The van der Waals surface area contributed by atoms with Gasteiger partial charge in [0.1, 0.15) is 12.2 Å². The Morgan fingerprint density at radius 2 is 1.82 bits per heavy atom. The van der Waals surface area contributed by atoms with E-state index in [2.05, 4.69) is 10.1 Å². The summed E-state index contributed by atoms with van der Waals surface area (Å²) >= 11 is 0. The molecule has 1 aromatic rings. The number of hydrogen-bond acceptors (Lipinski definition) is 4. The third-order valence-electron chi connectivity index (χ3n) is 3.50. The van der Waals surface area contributed by atoms with Gasteiger partial charge in [-0.25, -0.2) is 9.67 Å². The number of nitrogens with zero attached hydrogens (tertiary/aromatic N) is 3. The van der Waals surface area contributed by atoms with Crippen LogP contribution in [0.2, 0.25) is 0 Å². The normalized spacial score (nSPS) is 12.7. The van der Waals surface area contributed by atoms with Crippen molar-refractivity contribution in [2.45, 2.75) is 40.2 Å². The summed E-state index contributed by atoms with van der Waals surface area (Å²) in [5.74, 6) is 0.992. The van der Waals surface area contributed by atoms with Gasteiger partial charge in [0.25, 0.3) is 0 Å². The fraction of sp³-hybridized carbons (Fsp3) is 0.833. The molecule has 1 aromatic heterocycles. The summed E-state index contributed by atoms with van der Waals surface area (Å²) < 4.78 is 1.84. The lowest BCUT2D eigenvalue weighted by Gasteiger charge is -2.33. The predicted molar refractivity (Wildman–Crippen MR) is 65.6 cm³/mol. The molecule has 0 amide bonds. The molecule has 1 rings (SSSR count). The maximum atomic E-state index is 9.56. The number of aliphatic hydroxyl groups excluding tert-OH is 2. The van der Waals surface area contributed by atoms with Crippen molar-refractivity contribution < 1.29 is 10.2 Å². The van der Waals surface area contributed by atoms with E-state index in [0.29, 0.717) is 6.42 Å². The molecule has 0 fully saturated rings. The Hall–Kier alpha value is -0.940. The maximum Gasteiger partial charge on any atom is 0.138 e. The second-order valence-corrected chi connectivity index (χ2v) is 5.22. The van der Waals surface area contributed by atoms with Gasteiger partial charge >= 0.3 is 0 Å². The molecule has 0 spiro atoms. The molecule has 1 heterocycles. The van der Waals surface area contributed by atoms with Gasteiger partial charge in [0.15, 0.2) is 0 Å². The second kappa shape index (κ2) is 5.60. The Labute approximate surface area is 102 Å². The van der Waals surface area contributed by atoms with Crippen LogP contribution < -0.4 is 0 Å². The van der Waals surface area contributed by atoms with Crippen molar-refractivity contribution in [1.29, 1.82) is 0 Å². The van der Waals surface area contributed by atoms with Gasteiger partial charge in [0, 0.05) is 17.9 Å². The minimum absolute atomic E-state index is 0.0495. The second-order valence-electron chi connectivity index (χ2n) is 5.22. The topological polar surface area (TPSA) is 71.2 Å². The third-order valence-corrected chi connectivity index (χ3v) is 3.50. The van der Waals surface area contributed by atoms with Crippen molar-refractivity contribution in [1.82, 2.24) is 14.8 Å². The zero-order chi connectivity index (χ0) is 13.1. The molecule has 0 radical (unpaired) electrons. The van der Waals surface area contributed by atoms with E-state index >= 15 is 0 Å². The minimum Gasteiger partial charge on any atom is -0.396 e. The van der Waals surface area contributed by atoms with Crippen LogP contribution in [0.15, 0.2) is 6.33 Å². The lowest BCUT2D eigenvalue weighted by molar-refractivity contribution is 0.0137. The summed E-state index contributed by atoms with van der Waals surface area (Å²) in [4.78, 5) is 4.23. The number of rotatable bonds is 6. The van der Waals surface area contributed by atoms with Crippen molar-refractivity contribution in [2.75, 3.05) is 13.2 Å². The standard InChI is InChI=1S/C12H23N3O2/c1-9(2)12(6-16,7-17)5-11-13-8-14-15(11)10(3)4/h8-10,16-17H,5-7H2,1-4H3. The summed E-state index contributed by atoms with van der Waals surface area (Å²) in [6.45, 7) is 7.98. The molecule has 0 atom stereocenters. The lowest BCUT2D eigenvalue weighted by atomic mass is 9.75. The number of hydrogen-bond donors (Lipinski definition) is 2. The van der Waals surface area contributed by atoms with Gasteiger partial charge < -0.3 is 10.2 Å². The minimum atomic E-state index is -0.528. The van der Waals surface area contributed by atoms with Crippen molar-refractivity contribution in [3.05, 3.63) is 12.2 Å². The fourth-order valence-corrected chi connectivity index (χ4v) is 1.88. The fourth-order valence-electron chi connectivity index (χ4n) is 1.88. The molecule has 5 heteroatoms. The van der Waals surface area contributed by atoms with Crippen LogP contribution >= 0.6 is 0 Å². The van der Waals surface area contributed by atoms with Crippen LogP contribution in [0.5, 0.6) is 0 Å².